The Balaban J connectivity index is 2.23. The Hall–Kier alpha value is -1.48. The van der Waals surface area contributed by atoms with E-state index in [1.807, 2.05) is 6.08 Å². The third-order valence-corrected chi connectivity index (χ3v) is 2.82. The highest BCUT2D eigenvalue weighted by molar-refractivity contribution is 6.31. The van der Waals surface area contributed by atoms with Crippen LogP contribution in [0.15, 0.2) is 30.4 Å². The minimum absolute atomic E-state index is 0.0292. The molecule has 4 heteroatoms. The Bertz CT molecular complexity index is 443. The van der Waals surface area contributed by atoms with E-state index < -0.39 is 0 Å². The smallest absolute Gasteiger partial charge is 0.256 e. The number of nitrogens with zero attached hydrogens (tertiary/aromatic N) is 1. The number of anilines is 1. The highest BCUT2D eigenvalue weighted by atomic mass is 35.5. The van der Waals surface area contributed by atoms with Gasteiger partial charge in [0.1, 0.15) is 0 Å². The third-order valence-electron chi connectivity index (χ3n) is 2.59. The summed E-state index contributed by atoms with van der Waals surface area (Å²) in [5.74, 6) is -0.0292. The molecule has 0 fully saturated rings. The first-order valence-electron chi connectivity index (χ1n) is 5.18. The summed E-state index contributed by atoms with van der Waals surface area (Å²) in [5.41, 5.74) is 6.74. The van der Waals surface area contributed by atoms with Gasteiger partial charge < -0.3 is 10.6 Å². The lowest BCUT2D eigenvalue weighted by Crippen LogP contribution is -2.34. The average molecular weight is 237 g/mol. The van der Waals surface area contributed by atoms with Gasteiger partial charge in [-0.25, -0.2) is 0 Å². The van der Waals surface area contributed by atoms with E-state index in [0.29, 0.717) is 22.8 Å². The fourth-order valence-corrected chi connectivity index (χ4v) is 1.90. The molecule has 0 aliphatic carbocycles. The van der Waals surface area contributed by atoms with Crippen molar-refractivity contribution < 1.29 is 4.79 Å². The quantitative estimate of drug-likeness (QED) is 0.601. The van der Waals surface area contributed by atoms with Gasteiger partial charge in [0.05, 0.1) is 5.56 Å². The predicted molar refractivity (Wildman–Crippen MR) is 65.5 cm³/mol. The number of amides is 1. The van der Waals surface area contributed by atoms with Crippen LogP contribution in [0.1, 0.15) is 16.8 Å². The molecule has 1 aliphatic heterocycles. The molecule has 0 atom stereocenters. The number of nitrogen functional groups attached to an aromatic ring is 1. The highest BCUT2D eigenvalue weighted by Gasteiger charge is 2.17. The van der Waals surface area contributed by atoms with Crippen LogP contribution < -0.4 is 5.73 Å². The van der Waals surface area contributed by atoms with E-state index in [2.05, 4.69) is 6.08 Å². The van der Waals surface area contributed by atoms with E-state index in [1.165, 1.54) is 0 Å². The van der Waals surface area contributed by atoms with E-state index in [9.17, 15) is 4.79 Å². The highest BCUT2D eigenvalue weighted by Crippen LogP contribution is 2.20. The molecular formula is C12H13ClN2O. The first kappa shape index (κ1) is 11.0. The van der Waals surface area contributed by atoms with Crippen LogP contribution in [0.3, 0.4) is 0 Å². The number of hydrogen-bond donors (Lipinski definition) is 1. The minimum Gasteiger partial charge on any atom is -0.398 e. The number of carbonyl (C=O) groups is 1. The summed E-state index contributed by atoms with van der Waals surface area (Å²) in [6, 6.07) is 4.97. The molecule has 84 valence electrons. The van der Waals surface area contributed by atoms with E-state index in [4.69, 9.17) is 17.3 Å². The Morgan fingerprint density at radius 3 is 2.81 bits per heavy atom. The lowest BCUT2D eigenvalue weighted by molar-refractivity contribution is 0.0772. The zero-order valence-electron chi connectivity index (χ0n) is 8.82. The molecular weight excluding hydrogens is 224 g/mol. The third kappa shape index (κ3) is 2.19. The molecule has 0 saturated carbocycles. The van der Waals surface area contributed by atoms with Gasteiger partial charge in [-0.3, -0.25) is 4.79 Å². The fraction of sp³-hybridized carbons (Fsp3) is 0.250. The number of benzene rings is 1. The van der Waals surface area contributed by atoms with Crippen molar-refractivity contribution in [3.63, 3.8) is 0 Å². The minimum atomic E-state index is -0.0292. The number of carbonyl (C=O) groups excluding carboxylic acids is 1. The predicted octanol–water partition coefficient (Wildman–Crippen LogP) is 2.32. The summed E-state index contributed by atoms with van der Waals surface area (Å²) in [4.78, 5) is 13.9. The van der Waals surface area contributed by atoms with Gasteiger partial charge in [-0.2, -0.15) is 0 Å². The number of hydrogen-bond acceptors (Lipinski definition) is 2. The monoisotopic (exact) mass is 236 g/mol. The van der Waals surface area contributed by atoms with E-state index >= 15 is 0 Å². The van der Waals surface area contributed by atoms with Crippen LogP contribution in [0.5, 0.6) is 0 Å². The van der Waals surface area contributed by atoms with Gasteiger partial charge >= 0.3 is 0 Å². The molecule has 0 saturated heterocycles. The van der Waals surface area contributed by atoms with Crippen molar-refractivity contribution in [2.75, 3.05) is 18.8 Å². The Morgan fingerprint density at radius 2 is 2.19 bits per heavy atom. The molecule has 2 N–H and O–H groups in total. The molecule has 1 amide bonds. The van der Waals surface area contributed by atoms with Crippen molar-refractivity contribution in [3.05, 3.63) is 40.9 Å². The van der Waals surface area contributed by atoms with Crippen molar-refractivity contribution in [3.8, 4) is 0 Å². The van der Waals surface area contributed by atoms with Crippen LogP contribution in [0.4, 0.5) is 5.69 Å². The maximum Gasteiger partial charge on any atom is 0.256 e. The van der Waals surface area contributed by atoms with E-state index in [1.54, 1.807) is 23.1 Å². The lowest BCUT2D eigenvalue weighted by Gasteiger charge is -2.24. The van der Waals surface area contributed by atoms with Crippen molar-refractivity contribution in [2.24, 2.45) is 0 Å². The fourth-order valence-electron chi connectivity index (χ4n) is 1.72. The molecule has 0 radical (unpaired) electrons. The largest absolute Gasteiger partial charge is 0.398 e. The molecule has 1 heterocycles. The van der Waals surface area contributed by atoms with Gasteiger partial charge in [0, 0.05) is 23.8 Å². The second-order valence-electron chi connectivity index (χ2n) is 3.74. The molecule has 0 spiro atoms. The first-order chi connectivity index (χ1) is 7.68. The Kier molecular flexibility index (Phi) is 3.15. The van der Waals surface area contributed by atoms with Crippen molar-refractivity contribution in [1.29, 1.82) is 0 Å². The topological polar surface area (TPSA) is 46.3 Å². The van der Waals surface area contributed by atoms with E-state index in [0.717, 1.165) is 13.0 Å². The zero-order valence-corrected chi connectivity index (χ0v) is 9.57. The summed E-state index contributed by atoms with van der Waals surface area (Å²) < 4.78 is 0. The maximum atomic E-state index is 12.1. The van der Waals surface area contributed by atoms with Crippen LogP contribution in [0.2, 0.25) is 5.02 Å². The molecule has 1 aromatic rings. The van der Waals surface area contributed by atoms with Gasteiger partial charge in [-0.05, 0) is 24.6 Å². The van der Waals surface area contributed by atoms with Gasteiger partial charge in [0.2, 0.25) is 0 Å². The van der Waals surface area contributed by atoms with Gasteiger partial charge in [-0.15, -0.1) is 0 Å². The van der Waals surface area contributed by atoms with Crippen molar-refractivity contribution in [1.82, 2.24) is 4.90 Å². The van der Waals surface area contributed by atoms with Crippen molar-refractivity contribution >= 4 is 23.2 Å². The summed E-state index contributed by atoms with van der Waals surface area (Å²) in [5, 5.41) is 0.549. The van der Waals surface area contributed by atoms with Crippen molar-refractivity contribution in [2.45, 2.75) is 6.42 Å². The Morgan fingerprint density at radius 1 is 1.38 bits per heavy atom. The molecule has 16 heavy (non-hydrogen) atoms. The second kappa shape index (κ2) is 4.58. The summed E-state index contributed by atoms with van der Waals surface area (Å²) in [6.07, 6.45) is 4.97. The SMILES string of the molecule is Nc1cc(Cl)ccc1C(=O)N1CC=CCC1. The lowest BCUT2D eigenvalue weighted by atomic mass is 10.1. The van der Waals surface area contributed by atoms with Gasteiger partial charge in [-0.1, -0.05) is 23.8 Å². The summed E-state index contributed by atoms with van der Waals surface area (Å²) in [7, 11) is 0. The Labute approximate surface area is 99.5 Å². The molecule has 0 aromatic heterocycles. The summed E-state index contributed by atoms with van der Waals surface area (Å²) in [6.45, 7) is 1.40. The van der Waals surface area contributed by atoms with Gasteiger partial charge in [0.25, 0.3) is 5.91 Å². The molecule has 1 aromatic carbocycles. The zero-order chi connectivity index (χ0) is 11.5. The average Bonchev–Trinajstić information content (AvgIpc) is 2.29. The first-order valence-corrected chi connectivity index (χ1v) is 5.55. The molecule has 2 rings (SSSR count). The van der Waals surface area contributed by atoms with Gasteiger partial charge in [0.15, 0.2) is 0 Å². The number of halogens is 1. The molecule has 3 nitrogen and oxygen atoms in total. The van der Waals surface area contributed by atoms with E-state index in [-0.39, 0.29) is 5.91 Å². The normalized spacial score (nSPS) is 15.2. The van der Waals surface area contributed by atoms with Crippen LogP contribution in [-0.2, 0) is 0 Å². The number of nitrogens with two attached hydrogens (primary N) is 1. The molecule has 0 unspecified atom stereocenters. The second-order valence-corrected chi connectivity index (χ2v) is 4.18. The van der Waals surface area contributed by atoms with Crippen LogP contribution in [-0.4, -0.2) is 23.9 Å². The summed E-state index contributed by atoms with van der Waals surface area (Å²) >= 11 is 5.79. The molecule has 1 aliphatic rings. The maximum absolute atomic E-state index is 12.1. The number of rotatable bonds is 1. The molecule has 0 bridgehead atoms. The van der Waals surface area contributed by atoms with Crippen LogP contribution >= 0.6 is 11.6 Å². The van der Waals surface area contributed by atoms with Crippen LogP contribution in [0, 0.1) is 0 Å². The standard InChI is InChI=1S/C12H13ClN2O/c13-9-4-5-10(11(14)8-9)12(16)15-6-2-1-3-7-15/h1-2,4-5,8H,3,6-7,14H2. The van der Waals surface area contributed by atoms with Crippen LogP contribution in [0.25, 0.3) is 0 Å².